The van der Waals surface area contributed by atoms with Crippen molar-refractivity contribution in [2.75, 3.05) is 5.33 Å². The number of halogens is 1. The largest absolute Gasteiger partial charge is 0.349 e. The van der Waals surface area contributed by atoms with Crippen LogP contribution in [0.4, 0.5) is 5.69 Å². The fraction of sp³-hybridized carbons (Fsp3) is 0.364. The van der Waals surface area contributed by atoms with Crippen LogP contribution in [0.1, 0.15) is 22.8 Å². The van der Waals surface area contributed by atoms with Crippen molar-refractivity contribution < 1.29 is 9.72 Å². The maximum Gasteiger partial charge on any atom is 0.270 e. The Morgan fingerprint density at radius 1 is 1.59 bits per heavy atom. The number of hydrogen-bond acceptors (Lipinski definition) is 3. The van der Waals surface area contributed by atoms with Gasteiger partial charge in [0, 0.05) is 29.1 Å². The number of hydrogen-bond donors (Lipinski definition) is 1. The number of nitro groups is 1. The lowest BCUT2D eigenvalue weighted by atomic mass is 10.1. The van der Waals surface area contributed by atoms with Crippen LogP contribution in [0.15, 0.2) is 18.2 Å². The quantitative estimate of drug-likeness (QED) is 0.527. The Balaban J connectivity index is 3.00. The van der Waals surface area contributed by atoms with Crippen molar-refractivity contribution in [1.82, 2.24) is 5.32 Å². The van der Waals surface area contributed by atoms with Gasteiger partial charge in [0.1, 0.15) is 0 Å². The number of nitro benzene ring substituents is 1. The smallest absolute Gasteiger partial charge is 0.270 e. The molecule has 1 N–H and O–H groups in total. The number of nitrogens with one attached hydrogen (secondary N) is 1. The molecule has 1 aromatic carbocycles. The van der Waals surface area contributed by atoms with Gasteiger partial charge in [0.2, 0.25) is 0 Å². The van der Waals surface area contributed by atoms with Gasteiger partial charge in [0.25, 0.3) is 11.6 Å². The molecule has 0 aliphatic heterocycles. The third-order valence-electron chi connectivity index (χ3n) is 2.29. The Hall–Kier alpha value is -1.43. The SMILES string of the molecule is Cc1ccc([N+](=O)[O-])cc1C(=O)NC(C)CBr. The molecule has 1 aromatic rings. The summed E-state index contributed by atoms with van der Waals surface area (Å²) in [4.78, 5) is 22.0. The highest BCUT2D eigenvalue weighted by Crippen LogP contribution is 2.17. The van der Waals surface area contributed by atoms with E-state index in [-0.39, 0.29) is 17.6 Å². The minimum Gasteiger partial charge on any atom is -0.349 e. The highest BCUT2D eigenvalue weighted by Gasteiger charge is 2.15. The molecule has 92 valence electrons. The lowest BCUT2D eigenvalue weighted by Gasteiger charge is -2.11. The van der Waals surface area contributed by atoms with Crippen LogP contribution in [0.3, 0.4) is 0 Å². The summed E-state index contributed by atoms with van der Waals surface area (Å²) in [5, 5.41) is 14.0. The number of carbonyl (C=O) groups is 1. The molecule has 0 spiro atoms. The van der Waals surface area contributed by atoms with E-state index in [4.69, 9.17) is 0 Å². The third-order valence-corrected chi connectivity index (χ3v) is 3.26. The minimum absolute atomic E-state index is 0.0267. The fourth-order valence-corrected chi connectivity index (χ4v) is 1.47. The molecule has 0 aromatic heterocycles. The van der Waals surface area contributed by atoms with Gasteiger partial charge >= 0.3 is 0 Å². The number of benzene rings is 1. The van der Waals surface area contributed by atoms with Crippen LogP contribution in [-0.4, -0.2) is 22.2 Å². The maximum atomic E-state index is 11.9. The molecule has 5 nitrogen and oxygen atoms in total. The van der Waals surface area contributed by atoms with E-state index in [2.05, 4.69) is 21.2 Å². The zero-order chi connectivity index (χ0) is 13.0. The standard InChI is InChI=1S/C11H13BrN2O3/c1-7-3-4-9(14(16)17)5-10(7)11(15)13-8(2)6-12/h3-5,8H,6H2,1-2H3,(H,13,15). The van der Waals surface area contributed by atoms with Crippen LogP contribution in [-0.2, 0) is 0 Å². The van der Waals surface area contributed by atoms with Crippen molar-refractivity contribution in [3.05, 3.63) is 39.4 Å². The van der Waals surface area contributed by atoms with Crippen molar-refractivity contribution in [3.63, 3.8) is 0 Å². The third kappa shape index (κ3) is 3.52. The van der Waals surface area contributed by atoms with E-state index >= 15 is 0 Å². The molecule has 0 aliphatic rings. The molecule has 1 atom stereocenters. The van der Waals surface area contributed by atoms with E-state index in [9.17, 15) is 14.9 Å². The fourth-order valence-electron chi connectivity index (χ4n) is 1.31. The van der Waals surface area contributed by atoms with Crippen molar-refractivity contribution >= 4 is 27.5 Å². The number of nitrogens with zero attached hydrogens (tertiary/aromatic N) is 1. The second-order valence-corrected chi connectivity index (χ2v) is 4.43. The van der Waals surface area contributed by atoms with Gasteiger partial charge in [-0.3, -0.25) is 14.9 Å². The maximum absolute atomic E-state index is 11.9. The summed E-state index contributed by atoms with van der Waals surface area (Å²) in [5.74, 6) is -0.293. The molecule has 1 unspecified atom stereocenters. The molecule has 0 radical (unpaired) electrons. The summed E-state index contributed by atoms with van der Waals surface area (Å²) in [5.41, 5.74) is 0.981. The molecular weight excluding hydrogens is 288 g/mol. The predicted octanol–water partition coefficient (Wildman–Crippen LogP) is 2.42. The Morgan fingerprint density at radius 3 is 2.76 bits per heavy atom. The zero-order valence-electron chi connectivity index (χ0n) is 9.57. The lowest BCUT2D eigenvalue weighted by Crippen LogP contribution is -2.34. The number of amides is 1. The minimum atomic E-state index is -0.510. The first-order chi connectivity index (χ1) is 7.95. The summed E-state index contributed by atoms with van der Waals surface area (Å²) in [6.07, 6.45) is 0. The van der Waals surface area contributed by atoms with E-state index in [1.54, 1.807) is 13.0 Å². The van der Waals surface area contributed by atoms with Gasteiger partial charge < -0.3 is 5.32 Å². The Labute approximate surface area is 107 Å². The molecule has 0 aliphatic carbocycles. The number of alkyl halides is 1. The van der Waals surface area contributed by atoms with Crippen molar-refractivity contribution in [1.29, 1.82) is 0 Å². The van der Waals surface area contributed by atoms with Crippen LogP contribution >= 0.6 is 15.9 Å². The molecule has 6 heteroatoms. The Kier molecular flexibility index (Phi) is 4.62. The Bertz CT molecular complexity index is 448. The summed E-state index contributed by atoms with van der Waals surface area (Å²) in [6, 6.07) is 4.23. The van der Waals surface area contributed by atoms with Crippen molar-refractivity contribution in [2.24, 2.45) is 0 Å². The molecule has 0 saturated heterocycles. The molecule has 0 heterocycles. The lowest BCUT2D eigenvalue weighted by molar-refractivity contribution is -0.384. The normalized spacial score (nSPS) is 11.9. The van der Waals surface area contributed by atoms with Crippen LogP contribution in [0.25, 0.3) is 0 Å². The first kappa shape index (κ1) is 13.6. The number of rotatable bonds is 4. The predicted molar refractivity (Wildman–Crippen MR) is 68.6 cm³/mol. The van der Waals surface area contributed by atoms with Gasteiger partial charge in [-0.2, -0.15) is 0 Å². The Morgan fingerprint density at radius 2 is 2.24 bits per heavy atom. The van der Waals surface area contributed by atoms with Gasteiger partial charge in [0.15, 0.2) is 0 Å². The van der Waals surface area contributed by atoms with E-state index in [1.807, 2.05) is 6.92 Å². The summed E-state index contributed by atoms with van der Waals surface area (Å²) in [7, 11) is 0. The first-order valence-electron chi connectivity index (χ1n) is 5.07. The number of non-ortho nitro benzene ring substituents is 1. The van der Waals surface area contributed by atoms with E-state index in [0.29, 0.717) is 10.9 Å². The number of aryl methyl sites for hydroxylation is 1. The van der Waals surface area contributed by atoms with Crippen LogP contribution in [0.5, 0.6) is 0 Å². The molecule has 1 amide bonds. The topological polar surface area (TPSA) is 72.2 Å². The van der Waals surface area contributed by atoms with Gasteiger partial charge in [-0.1, -0.05) is 22.0 Å². The van der Waals surface area contributed by atoms with Crippen molar-refractivity contribution in [3.8, 4) is 0 Å². The second kappa shape index (κ2) is 5.77. The zero-order valence-corrected chi connectivity index (χ0v) is 11.2. The van der Waals surface area contributed by atoms with Crippen molar-refractivity contribution in [2.45, 2.75) is 19.9 Å². The average molecular weight is 301 g/mol. The highest BCUT2D eigenvalue weighted by molar-refractivity contribution is 9.09. The van der Waals surface area contributed by atoms with Crippen LogP contribution in [0.2, 0.25) is 0 Å². The van der Waals surface area contributed by atoms with Gasteiger partial charge in [-0.05, 0) is 19.4 Å². The summed E-state index contributed by atoms with van der Waals surface area (Å²) >= 11 is 3.25. The monoisotopic (exact) mass is 300 g/mol. The van der Waals surface area contributed by atoms with Crippen LogP contribution < -0.4 is 5.32 Å². The molecule has 17 heavy (non-hydrogen) atoms. The van der Waals surface area contributed by atoms with E-state index in [0.717, 1.165) is 5.56 Å². The average Bonchev–Trinajstić information content (AvgIpc) is 2.28. The molecule has 0 saturated carbocycles. The summed E-state index contributed by atoms with van der Waals surface area (Å²) in [6.45, 7) is 3.59. The molecule has 1 rings (SSSR count). The van der Waals surface area contributed by atoms with Gasteiger partial charge in [-0.15, -0.1) is 0 Å². The molecule has 0 bridgehead atoms. The summed E-state index contributed by atoms with van der Waals surface area (Å²) < 4.78 is 0. The molecular formula is C11H13BrN2O3. The van der Waals surface area contributed by atoms with E-state index in [1.165, 1.54) is 12.1 Å². The number of carbonyl (C=O) groups excluding carboxylic acids is 1. The highest BCUT2D eigenvalue weighted by atomic mass is 79.9. The van der Waals surface area contributed by atoms with E-state index < -0.39 is 4.92 Å². The molecule has 0 fully saturated rings. The van der Waals surface area contributed by atoms with Gasteiger partial charge in [0.05, 0.1) is 4.92 Å². The van der Waals surface area contributed by atoms with Gasteiger partial charge in [-0.25, -0.2) is 0 Å². The van der Waals surface area contributed by atoms with Crippen LogP contribution in [0, 0.1) is 17.0 Å². The first-order valence-corrected chi connectivity index (χ1v) is 6.19. The second-order valence-electron chi connectivity index (χ2n) is 3.79.